The zero-order valence-corrected chi connectivity index (χ0v) is 17.1. The molecule has 0 bridgehead atoms. The first-order chi connectivity index (χ1) is 12.7. The van der Waals surface area contributed by atoms with Crippen LogP contribution >= 0.6 is 0 Å². The molecule has 1 heterocycles. The summed E-state index contributed by atoms with van der Waals surface area (Å²) in [7, 11) is -3.81. The van der Waals surface area contributed by atoms with E-state index in [1.807, 2.05) is 32.0 Å². The Morgan fingerprint density at radius 2 is 1.56 bits per heavy atom. The van der Waals surface area contributed by atoms with Gasteiger partial charge in [-0.05, 0) is 63.3 Å². The first-order valence-corrected chi connectivity index (χ1v) is 10.7. The van der Waals surface area contributed by atoms with Gasteiger partial charge in [-0.15, -0.1) is 0 Å². The van der Waals surface area contributed by atoms with Gasteiger partial charge in [-0.25, -0.2) is 8.42 Å². The van der Waals surface area contributed by atoms with E-state index in [4.69, 9.17) is 0 Å². The largest absolute Gasteiger partial charge is 0.339 e. The van der Waals surface area contributed by atoms with Crippen LogP contribution in [-0.2, 0) is 10.0 Å². The summed E-state index contributed by atoms with van der Waals surface area (Å²) >= 11 is 0. The highest BCUT2D eigenvalue weighted by molar-refractivity contribution is 7.92. The summed E-state index contributed by atoms with van der Waals surface area (Å²) in [4.78, 5) is 15.0. The van der Waals surface area contributed by atoms with Crippen LogP contribution in [0.2, 0.25) is 0 Å². The molecule has 0 aromatic heterocycles. The fraction of sp³-hybridized carbons (Fsp3) is 0.381. The highest BCUT2D eigenvalue weighted by Crippen LogP contribution is 2.29. The predicted molar refractivity (Wildman–Crippen MR) is 108 cm³/mol. The number of carbonyl (C=O) groups is 1. The number of benzene rings is 2. The number of para-hydroxylation sites is 1. The molecule has 1 aliphatic rings. The molecule has 3 rings (SSSR count). The van der Waals surface area contributed by atoms with Gasteiger partial charge in [-0.3, -0.25) is 9.52 Å². The number of rotatable bonds is 4. The predicted octanol–water partition coefficient (Wildman–Crippen LogP) is 3.96. The maximum Gasteiger partial charge on any atom is 0.262 e. The Balaban J connectivity index is 2.04. The van der Waals surface area contributed by atoms with Crippen molar-refractivity contribution in [3.8, 4) is 0 Å². The molecular weight excluding hydrogens is 360 g/mol. The van der Waals surface area contributed by atoms with Gasteiger partial charge in [0.15, 0.2) is 0 Å². The van der Waals surface area contributed by atoms with E-state index in [1.54, 1.807) is 30.9 Å². The second kappa shape index (κ2) is 7.35. The quantitative estimate of drug-likeness (QED) is 0.865. The Morgan fingerprint density at radius 1 is 0.963 bits per heavy atom. The summed E-state index contributed by atoms with van der Waals surface area (Å²) in [5, 5.41) is 0. The highest BCUT2D eigenvalue weighted by atomic mass is 32.2. The van der Waals surface area contributed by atoms with Crippen molar-refractivity contribution in [1.82, 2.24) is 4.90 Å². The minimum absolute atomic E-state index is 0.119. The fourth-order valence-corrected chi connectivity index (χ4v) is 5.46. The Hall–Kier alpha value is -2.34. The van der Waals surface area contributed by atoms with Crippen LogP contribution in [0.4, 0.5) is 5.69 Å². The van der Waals surface area contributed by atoms with E-state index >= 15 is 0 Å². The van der Waals surface area contributed by atoms with Crippen molar-refractivity contribution < 1.29 is 13.2 Å². The minimum Gasteiger partial charge on any atom is -0.339 e. The maximum atomic E-state index is 13.2. The van der Waals surface area contributed by atoms with Crippen LogP contribution in [0.3, 0.4) is 0 Å². The third-order valence-electron chi connectivity index (χ3n) is 5.01. The van der Waals surface area contributed by atoms with E-state index in [0.717, 1.165) is 37.1 Å². The lowest BCUT2D eigenvalue weighted by molar-refractivity contribution is 0.0794. The number of anilines is 1. The van der Waals surface area contributed by atoms with Gasteiger partial charge in [-0.1, -0.05) is 29.8 Å². The number of nitrogens with one attached hydrogen (secondary N) is 1. The number of hydrogen-bond donors (Lipinski definition) is 1. The van der Waals surface area contributed by atoms with Crippen LogP contribution in [-0.4, -0.2) is 32.3 Å². The van der Waals surface area contributed by atoms with Crippen LogP contribution in [0.25, 0.3) is 0 Å². The van der Waals surface area contributed by atoms with Crippen molar-refractivity contribution in [3.63, 3.8) is 0 Å². The molecule has 0 aliphatic carbocycles. The Kier molecular flexibility index (Phi) is 5.29. The number of carbonyl (C=O) groups excluding carboxylic acids is 1. The van der Waals surface area contributed by atoms with Gasteiger partial charge >= 0.3 is 0 Å². The smallest absolute Gasteiger partial charge is 0.262 e. The lowest BCUT2D eigenvalue weighted by atomic mass is 10.1. The molecule has 5 nitrogen and oxygen atoms in total. The second-order valence-electron chi connectivity index (χ2n) is 7.33. The molecule has 0 unspecified atom stereocenters. The molecule has 1 fully saturated rings. The van der Waals surface area contributed by atoms with Gasteiger partial charge in [0.25, 0.3) is 15.9 Å². The number of likely N-dealkylation sites (tertiary alicyclic amines) is 1. The van der Waals surface area contributed by atoms with Gasteiger partial charge in [-0.2, -0.15) is 0 Å². The molecular formula is C21H26N2O3S. The van der Waals surface area contributed by atoms with Crippen LogP contribution in [0, 0.1) is 27.7 Å². The maximum absolute atomic E-state index is 13.2. The molecule has 0 saturated carbocycles. The Labute approximate surface area is 161 Å². The fourth-order valence-electron chi connectivity index (χ4n) is 3.85. The normalized spacial score (nSPS) is 14.4. The molecule has 144 valence electrons. The van der Waals surface area contributed by atoms with Crippen LogP contribution in [0.1, 0.15) is 45.5 Å². The van der Waals surface area contributed by atoms with Gasteiger partial charge in [0.2, 0.25) is 0 Å². The molecule has 1 aliphatic heterocycles. The number of amides is 1. The monoisotopic (exact) mass is 386 g/mol. The molecule has 2 aromatic rings. The molecule has 2 aromatic carbocycles. The van der Waals surface area contributed by atoms with Gasteiger partial charge < -0.3 is 4.90 Å². The average Bonchev–Trinajstić information content (AvgIpc) is 3.09. The number of hydrogen-bond acceptors (Lipinski definition) is 3. The summed E-state index contributed by atoms with van der Waals surface area (Å²) < 4.78 is 29.0. The summed E-state index contributed by atoms with van der Waals surface area (Å²) in [5.74, 6) is -0.119. The van der Waals surface area contributed by atoms with E-state index in [1.165, 1.54) is 0 Å². The first kappa shape index (κ1) is 19.4. The first-order valence-electron chi connectivity index (χ1n) is 9.20. The number of sulfonamides is 1. The molecule has 6 heteroatoms. The third-order valence-corrected chi connectivity index (χ3v) is 6.66. The van der Waals surface area contributed by atoms with Crippen LogP contribution in [0.5, 0.6) is 0 Å². The van der Waals surface area contributed by atoms with Gasteiger partial charge in [0, 0.05) is 13.1 Å². The SMILES string of the molecule is Cc1cc(C)c(S(=O)(=O)Nc2c(C)cccc2C(=O)N2CCCC2)c(C)c1. The van der Waals surface area contributed by atoms with Crippen molar-refractivity contribution in [3.05, 3.63) is 58.1 Å². The molecule has 1 amide bonds. The van der Waals surface area contributed by atoms with E-state index in [0.29, 0.717) is 22.4 Å². The molecule has 0 radical (unpaired) electrons. The second-order valence-corrected chi connectivity index (χ2v) is 8.95. The minimum atomic E-state index is -3.81. The van der Waals surface area contributed by atoms with E-state index in [9.17, 15) is 13.2 Å². The average molecular weight is 387 g/mol. The Morgan fingerprint density at radius 3 is 2.15 bits per heavy atom. The van der Waals surface area contributed by atoms with Crippen molar-refractivity contribution in [2.24, 2.45) is 0 Å². The molecule has 1 N–H and O–H groups in total. The van der Waals surface area contributed by atoms with E-state index < -0.39 is 10.0 Å². The van der Waals surface area contributed by atoms with Gasteiger partial charge in [0.05, 0.1) is 16.1 Å². The number of nitrogens with zero attached hydrogens (tertiary/aromatic N) is 1. The summed E-state index contributed by atoms with van der Waals surface area (Å²) in [6.07, 6.45) is 1.97. The lowest BCUT2D eigenvalue weighted by Gasteiger charge is -2.20. The number of aryl methyl sites for hydroxylation is 4. The van der Waals surface area contributed by atoms with Crippen molar-refractivity contribution in [2.45, 2.75) is 45.4 Å². The topological polar surface area (TPSA) is 66.5 Å². The standard InChI is InChI=1S/C21H26N2O3S/c1-14-12-16(3)20(17(4)13-14)27(25,26)22-19-15(2)8-7-9-18(19)21(24)23-10-5-6-11-23/h7-9,12-13,22H,5-6,10-11H2,1-4H3. The summed E-state index contributed by atoms with van der Waals surface area (Å²) in [5.41, 5.74) is 3.91. The molecule has 1 saturated heterocycles. The van der Waals surface area contributed by atoms with E-state index in [-0.39, 0.29) is 10.8 Å². The van der Waals surface area contributed by atoms with E-state index in [2.05, 4.69) is 4.72 Å². The van der Waals surface area contributed by atoms with Gasteiger partial charge in [0.1, 0.15) is 0 Å². The summed E-state index contributed by atoms with van der Waals surface area (Å²) in [6.45, 7) is 8.78. The van der Waals surface area contributed by atoms with Crippen molar-refractivity contribution in [2.75, 3.05) is 17.8 Å². The molecule has 0 atom stereocenters. The van der Waals surface area contributed by atoms with Crippen LogP contribution in [0.15, 0.2) is 35.2 Å². The van der Waals surface area contributed by atoms with Crippen molar-refractivity contribution in [1.29, 1.82) is 0 Å². The zero-order valence-electron chi connectivity index (χ0n) is 16.3. The Bertz CT molecular complexity index is 967. The van der Waals surface area contributed by atoms with Crippen molar-refractivity contribution >= 4 is 21.6 Å². The molecule has 0 spiro atoms. The third kappa shape index (κ3) is 3.86. The summed E-state index contributed by atoms with van der Waals surface area (Å²) in [6, 6.07) is 9.01. The molecule has 27 heavy (non-hydrogen) atoms. The zero-order chi connectivity index (χ0) is 19.8. The highest BCUT2D eigenvalue weighted by Gasteiger charge is 2.26. The lowest BCUT2D eigenvalue weighted by Crippen LogP contribution is -2.29. The van der Waals surface area contributed by atoms with Crippen LogP contribution < -0.4 is 4.72 Å².